The van der Waals surface area contributed by atoms with Crippen LogP contribution in [-0.4, -0.2) is 35.7 Å². The van der Waals surface area contributed by atoms with Gasteiger partial charge >= 0.3 is 0 Å². The summed E-state index contributed by atoms with van der Waals surface area (Å²) in [6.45, 7) is 2.84. The summed E-state index contributed by atoms with van der Waals surface area (Å²) >= 11 is 1.46. The minimum absolute atomic E-state index is 0.0115. The quantitative estimate of drug-likeness (QED) is 0.909. The number of fused-ring (bicyclic) bond motifs is 3. The van der Waals surface area contributed by atoms with Crippen LogP contribution < -0.4 is 4.74 Å². The van der Waals surface area contributed by atoms with E-state index in [1.54, 1.807) is 11.0 Å². The van der Waals surface area contributed by atoms with Gasteiger partial charge in [0.15, 0.2) is 0 Å². The van der Waals surface area contributed by atoms with Crippen molar-refractivity contribution >= 4 is 17.2 Å². The van der Waals surface area contributed by atoms with E-state index >= 15 is 0 Å². The molecule has 3 atom stereocenters. The van der Waals surface area contributed by atoms with E-state index in [1.165, 1.54) is 23.5 Å². The zero-order valence-corrected chi connectivity index (χ0v) is 14.1. The Balaban J connectivity index is 1.76. The van der Waals surface area contributed by atoms with E-state index in [2.05, 4.69) is 0 Å². The van der Waals surface area contributed by atoms with Crippen molar-refractivity contribution in [2.45, 2.75) is 13.0 Å². The van der Waals surface area contributed by atoms with E-state index in [9.17, 15) is 14.3 Å². The van der Waals surface area contributed by atoms with Gasteiger partial charge < -0.3 is 14.7 Å². The first-order valence-electron chi connectivity index (χ1n) is 7.99. The molecule has 2 aliphatic rings. The summed E-state index contributed by atoms with van der Waals surface area (Å²) in [6, 6.07) is 7.93. The maximum Gasteiger partial charge on any atom is 0.264 e. The summed E-state index contributed by atoms with van der Waals surface area (Å²) in [4.78, 5) is 16.5. The highest BCUT2D eigenvalue weighted by Gasteiger charge is 2.48. The summed E-state index contributed by atoms with van der Waals surface area (Å²) in [7, 11) is 0. The molecule has 2 aromatic rings. The van der Waals surface area contributed by atoms with E-state index in [0.29, 0.717) is 29.3 Å². The molecule has 1 N–H and O–H groups in total. The number of amides is 1. The van der Waals surface area contributed by atoms with Crippen molar-refractivity contribution in [2.75, 3.05) is 19.8 Å². The first-order chi connectivity index (χ1) is 11.6. The number of thiophene rings is 1. The van der Waals surface area contributed by atoms with Gasteiger partial charge in [0.25, 0.3) is 5.91 Å². The van der Waals surface area contributed by atoms with Crippen molar-refractivity contribution < 1.29 is 19.0 Å². The normalized spacial score (nSPS) is 25.1. The minimum atomic E-state index is -0.343. The fraction of sp³-hybridized carbons (Fsp3) is 0.389. The fourth-order valence-corrected chi connectivity index (χ4v) is 4.60. The van der Waals surface area contributed by atoms with E-state index in [-0.39, 0.29) is 36.2 Å². The van der Waals surface area contributed by atoms with Crippen molar-refractivity contribution in [3.05, 3.63) is 51.5 Å². The molecule has 6 heteroatoms. The Morgan fingerprint density at radius 3 is 2.96 bits per heavy atom. The van der Waals surface area contributed by atoms with Gasteiger partial charge in [0.2, 0.25) is 0 Å². The average Bonchev–Trinajstić information content (AvgIpc) is 3.17. The largest absolute Gasteiger partial charge is 0.493 e. The Labute approximate surface area is 143 Å². The summed E-state index contributed by atoms with van der Waals surface area (Å²) in [5, 5.41) is 9.72. The molecule has 0 aliphatic carbocycles. The van der Waals surface area contributed by atoms with Gasteiger partial charge in [-0.05, 0) is 37.3 Å². The van der Waals surface area contributed by atoms with Crippen LogP contribution in [-0.2, 0) is 0 Å². The van der Waals surface area contributed by atoms with Gasteiger partial charge in [-0.1, -0.05) is 0 Å². The average molecular weight is 347 g/mol. The molecule has 1 saturated heterocycles. The van der Waals surface area contributed by atoms with E-state index in [4.69, 9.17) is 4.74 Å². The summed E-state index contributed by atoms with van der Waals surface area (Å²) < 4.78 is 19.5. The molecule has 0 radical (unpaired) electrons. The van der Waals surface area contributed by atoms with Crippen LogP contribution in [0.4, 0.5) is 4.39 Å². The number of halogens is 1. The number of carbonyl (C=O) groups is 1. The van der Waals surface area contributed by atoms with Crippen LogP contribution >= 0.6 is 11.3 Å². The standard InChI is InChI=1S/C18H18FNO3S/c1-10-2-5-16(24-10)18(22)20-7-11(8-21)14-9-23-15-4-3-12(19)6-13(15)17(14)20/h2-6,11,14,17,21H,7-9H2,1H3/t11-,14-,17-/m0/s1. The SMILES string of the molecule is Cc1ccc(C(=O)N2C[C@@H](CO)[C@@H]3COc4ccc(F)cc4[C@@H]32)s1. The van der Waals surface area contributed by atoms with Gasteiger partial charge in [-0.15, -0.1) is 11.3 Å². The van der Waals surface area contributed by atoms with Gasteiger partial charge in [-0.3, -0.25) is 4.79 Å². The fourth-order valence-electron chi connectivity index (χ4n) is 3.78. The number of aryl methyl sites for hydroxylation is 1. The van der Waals surface area contributed by atoms with Gasteiger partial charge in [-0.25, -0.2) is 4.39 Å². The maximum atomic E-state index is 13.8. The van der Waals surface area contributed by atoms with E-state index < -0.39 is 0 Å². The van der Waals surface area contributed by atoms with Crippen molar-refractivity contribution in [1.29, 1.82) is 0 Å². The van der Waals surface area contributed by atoms with Crippen LogP contribution in [0.15, 0.2) is 30.3 Å². The van der Waals surface area contributed by atoms with E-state index in [1.807, 2.05) is 19.1 Å². The number of rotatable bonds is 2. The predicted octanol–water partition coefficient (Wildman–Crippen LogP) is 3.01. The van der Waals surface area contributed by atoms with Gasteiger partial charge in [-0.2, -0.15) is 0 Å². The summed E-state index contributed by atoms with van der Waals surface area (Å²) in [6.07, 6.45) is 0. The van der Waals surface area contributed by atoms with Crippen molar-refractivity contribution in [1.82, 2.24) is 4.90 Å². The van der Waals surface area contributed by atoms with Crippen molar-refractivity contribution in [3.63, 3.8) is 0 Å². The zero-order chi connectivity index (χ0) is 16.8. The van der Waals surface area contributed by atoms with E-state index in [0.717, 1.165) is 4.88 Å². The number of carbonyl (C=O) groups excluding carboxylic acids is 1. The molecule has 4 nitrogen and oxygen atoms in total. The van der Waals surface area contributed by atoms with Gasteiger partial charge in [0, 0.05) is 35.4 Å². The topological polar surface area (TPSA) is 49.8 Å². The number of hydrogen-bond acceptors (Lipinski definition) is 4. The molecule has 2 aliphatic heterocycles. The molecule has 24 heavy (non-hydrogen) atoms. The third-order valence-corrected chi connectivity index (χ3v) is 5.93. The third kappa shape index (κ3) is 2.41. The summed E-state index contributed by atoms with van der Waals surface area (Å²) in [5.41, 5.74) is 0.698. The number of benzene rings is 1. The molecule has 4 rings (SSSR count). The van der Waals surface area contributed by atoms with Crippen molar-refractivity contribution in [3.8, 4) is 5.75 Å². The van der Waals surface area contributed by atoms with Crippen LogP contribution in [0.1, 0.15) is 26.2 Å². The molecule has 1 aromatic carbocycles. The molecular formula is C18H18FNO3S. The maximum absolute atomic E-state index is 13.8. The second-order valence-electron chi connectivity index (χ2n) is 6.41. The number of likely N-dealkylation sites (tertiary alicyclic amines) is 1. The molecular weight excluding hydrogens is 329 g/mol. The Morgan fingerprint density at radius 2 is 2.25 bits per heavy atom. The molecule has 0 saturated carbocycles. The van der Waals surface area contributed by atoms with Crippen LogP contribution in [0.3, 0.4) is 0 Å². The number of aliphatic hydroxyl groups excluding tert-OH is 1. The molecule has 0 unspecified atom stereocenters. The number of hydrogen-bond donors (Lipinski definition) is 1. The zero-order valence-electron chi connectivity index (χ0n) is 13.2. The lowest BCUT2D eigenvalue weighted by Crippen LogP contribution is -2.35. The Bertz CT molecular complexity index is 790. The highest BCUT2D eigenvalue weighted by Crippen LogP contribution is 2.48. The Morgan fingerprint density at radius 1 is 1.42 bits per heavy atom. The minimum Gasteiger partial charge on any atom is -0.493 e. The van der Waals surface area contributed by atoms with Gasteiger partial charge in [0.05, 0.1) is 17.5 Å². The van der Waals surface area contributed by atoms with Crippen LogP contribution in [0.5, 0.6) is 5.75 Å². The molecule has 3 heterocycles. The lowest BCUT2D eigenvalue weighted by Gasteiger charge is -2.34. The molecule has 1 fully saturated rings. The first-order valence-corrected chi connectivity index (χ1v) is 8.80. The number of ether oxygens (including phenoxy) is 1. The predicted molar refractivity (Wildman–Crippen MR) is 88.8 cm³/mol. The number of nitrogens with zero attached hydrogens (tertiary/aromatic N) is 1. The molecule has 0 spiro atoms. The lowest BCUT2D eigenvalue weighted by molar-refractivity contribution is 0.0678. The van der Waals surface area contributed by atoms with Crippen LogP contribution in [0.25, 0.3) is 0 Å². The lowest BCUT2D eigenvalue weighted by atomic mass is 9.85. The molecule has 1 amide bonds. The Hall–Kier alpha value is -1.92. The highest BCUT2D eigenvalue weighted by molar-refractivity contribution is 7.13. The molecule has 0 bridgehead atoms. The second kappa shape index (κ2) is 5.86. The van der Waals surface area contributed by atoms with Crippen molar-refractivity contribution in [2.24, 2.45) is 11.8 Å². The monoisotopic (exact) mass is 347 g/mol. The second-order valence-corrected chi connectivity index (χ2v) is 7.70. The van der Waals surface area contributed by atoms with Crippen LogP contribution in [0.2, 0.25) is 0 Å². The summed E-state index contributed by atoms with van der Waals surface area (Å²) in [5.74, 6) is 0.142. The molecule has 1 aromatic heterocycles. The first kappa shape index (κ1) is 15.6. The third-order valence-electron chi connectivity index (χ3n) is 4.95. The molecule has 126 valence electrons. The smallest absolute Gasteiger partial charge is 0.264 e. The highest BCUT2D eigenvalue weighted by atomic mass is 32.1. The van der Waals surface area contributed by atoms with Crippen LogP contribution in [0, 0.1) is 24.6 Å². The van der Waals surface area contributed by atoms with Gasteiger partial charge in [0.1, 0.15) is 11.6 Å². The number of aliphatic hydroxyl groups is 1. The Kier molecular flexibility index (Phi) is 3.81.